The number of fused-ring (bicyclic) bond motifs is 1. The predicted molar refractivity (Wildman–Crippen MR) is 90.8 cm³/mol. The van der Waals surface area contributed by atoms with Gasteiger partial charge in [-0.25, -0.2) is 4.98 Å². The summed E-state index contributed by atoms with van der Waals surface area (Å²) in [4.78, 5) is 28.8. The Morgan fingerprint density at radius 2 is 2.04 bits per heavy atom. The van der Waals surface area contributed by atoms with Gasteiger partial charge in [-0.05, 0) is 37.1 Å². The fourth-order valence-corrected chi connectivity index (χ4v) is 2.74. The molecule has 128 valence electrons. The van der Waals surface area contributed by atoms with E-state index < -0.39 is 0 Å². The molecule has 3 aromatic rings. The number of hydrogen-bond donors (Lipinski definition) is 2. The average Bonchev–Trinajstić information content (AvgIpc) is 3.12. The monoisotopic (exact) mass is 338 g/mol. The van der Waals surface area contributed by atoms with Crippen LogP contribution in [0.5, 0.6) is 0 Å². The third-order valence-corrected chi connectivity index (χ3v) is 4.13. The van der Waals surface area contributed by atoms with E-state index in [-0.39, 0.29) is 30.7 Å². The number of imidazole rings is 1. The Hall–Kier alpha value is -3.09. The standard InChI is InChI=1S/C18H18N4O3/c23-17(20-12-7-8-12)11-22-14-5-2-1-4-13(14)21-16(22)10-19-18(24)15-6-3-9-25-15/h1-6,9,12H,7-8,10-11H2,(H,19,24)(H,20,23). The minimum Gasteiger partial charge on any atom is -0.459 e. The minimum absolute atomic E-state index is 0.0377. The molecule has 1 fully saturated rings. The van der Waals surface area contributed by atoms with E-state index in [2.05, 4.69) is 15.6 Å². The van der Waals surface area contributed by atoms with Crippen LogP contribution in [0, 0.1) is 0 Å². The number of aromatic nitrogens is 2. The van der Waals surface area contributed by atoms with Crippen LogP contribution in [0.1, 0.15) is 29.2 Å². The number of benzene rings is 1. The molecule has 2 amide bonds. The molecule has 1 aliphatic carbocycles. The van der Waals surface area contributed by atoms with Gasteiger partial charge in [0.25, 0.3) is 5.91 Å². The van der Waals surface area contributed by atoms with Crippen LogP contribution >= 0.6 is 0 Å². The lowest BCUT2D eigenvalue weighted by Gasteiger charge is -2.10. The van der Waals surface area contributed by atoms with Crippen LogP contribution in [0.2, 0.25) is 0 Å². The van der Waals surface area contributed by atoms with Crippen molar-refractivity contribution < 1.29 is 14.0 Å². The molecule has 7 heteroatoms. The van der Waals surface area contributed by atoms with Crippen LogP contribution in [0.4, 0.5) is 0 Å². The Morgan fingerprint density at radius 1 is 1.20 bits per heavy atom. The second-order valence-electron chi connectivity index (χ2n) is 6.10. The molecule has 25 heavy (non-hydrogen) atoms. The summed E-state index contributed by atoms with van der Waals surface area (Å²) in [7, 11) is 0. The first-order valence-corrected chi connectivity index (χ1v) is 8.26. The fourth-order valence-electron chi connectivity index (χ4n) is 2.74. The van der Waals surface area contributed by atoms with E-state index in [9.17, 15) is 9.59 Å². The highest BCUT2D eigenvalue weighted by Crippen LogP contribution is 2.20. The summed E-state index contributed by atoms with van der Waals surface area (Å²) in [6.45, 7) is 0.397. The van der Waals surface area contributed by atoms with Gasteiger partial charge in [0.2, 0.25) is 5.91 Å². The zero-order chi connectivity index (χ0) is 17.2. The largest absolute Gasteiger partial charge is 0.459 e. The first-order chi connectivity index (χ1) is 12.2. The van der Waals surface area contributed by atoms with Crippen molar-refractivity contribution in [2.45, 2.75) is 32.0 Å². The zero-order valence-corrected chi connectivity index (χ0v) is 13.6. The van der Waals surface area contributed by atoms with Gasteiger partial charge in [-0.3, -0.25) is 9.59 Å². The summed E-state index contributed by atoms with van der Waals surface area (Å²) in [5.41, 5.74) is 1.67. The van der Waals surface area contributed by atoms with Crippen LogP contribution in [0.25, 0.3) is 11.0 Å². The maximum Gasteiger partial charge on any atom is 0.287 e. The van der Waals surface area contributed by atoms with E-state index in [1.807, 2.05) is 28.8 Å². The summed E-state index contributed by atoms with van der Waals surface area (Å²) >= 11 is 0. The number of carbonyl (C=O) groups excluding carboxylic acids is 2. The Labute approximate surface area is 144 Å². The molecule has 0 saturated heterocycles. The molecule has 2 aromatic heterocycles. The maximum atomic E-state index is 12.2. The molecule has 4 rings (SSSR count). The summed E-state index contributed by atoms with van der Waals surface area (Å²) in [6.07, 6.45) is 3.54. The Balaban J connectivity index is 1.55. The highest BCUT2D eigenvalue weighted by Gasteiger charge is 2.24. The fraction of sp³-hybridized carbons (Fsp3) is 0.278. The number of rotatable bonds is 6. The van der Waals surface area contributed by atoms with E-state index in [0.29, 0.717) is 11.9 Å². The van der Waals surface area contributed by atoms with Gasteiger partial charge < -0.3 is 19.6 Å². The molecular formula is C18H18N4O3. The molecule has 1 aromatic carbocycles. The third-order valence-electron chi connectivity index (χ3n) is 4.13. The number of amides is 2. The van der Waals surface area contributed by atoms with Crippen molar-refractivity contribution in [2.75, 3.05) is 0 Å². The second kappa shape index (κ2) is 6.43. The van der Waals surface area contributed by atoms with Gasteiger partial charge in [0.15, 0.2) is 5.76 Å². The van der Waals surface area contributed by atoms with Gasteiger partial charge in [0.1, 0.15) is 12.4 Å². The van der Waals surface area contributed by atoms with Gasteiger partial charge in [0, 0.05) is 6.04 Å². The molecule has 0 aliphatic heterocycles. The van der Waals surface area contributed by atoms with Crippen LogP contribution < -0.4 is 10.6 Å². The van der Waals surface area contributed by atoms with Gasteiger partial charge in [-0.15, -0.1) is 0 Å². The molecule has 1 saturated carbocycles. The average molecular weight is 338 g/mol. The molecule has 0 atom stereocenters. The lowest BCUT2D eigenvalue weighted by Crippen LogP contribution is -2.31. The van der Waals surface area contributed by atoms with Gasteiger partial charge >= 0.3 is 0 Å². The highest BCUT2D eigenvalue weighted by atomic mass is 16.3. The van der Waals surface area contributed by atoms with Crippen molar-refractivity contribution in [2.24, 2.45) is 0 Å². The van der Waals surface area contributed by atoms with E-state index in [1.165, 1.54) is 6.26 Å². The van der Waals surface area contributed by atoms with Crippen molar-refractivity contribution >= 4 is 22.8 Å². The van der Waals surface area contributed by atoms with Crippen LogP contribution in [-0.2, 0) is 17.9 Å². The molecule has 0 unspecified atom stereocenters. The Morgan fingerprint density at radius 3 is 2.80 bits per heavy atom. The number of carbonyl (C=O) groups is 2. The topological polar surface area (TPSA) is 89.2 Å². The summed E-state index contributed by atoms with van der Waals surface area (Å²) in [5.74, 6) is 0.525. The van der Waals surface area contributed by atoms with Crippen molar-refractivity contribution in [3.63, 3.8) is 0 Å². The van der Waals surface area contributed by atoms with Crippen LogP contribution in [-0.4, -0.2) is 27.4 Å². The first-order valence-electron chi connectivity index (χ1n) is 8.26. The summed E-state index contributed by atoms with van der Waals surface area (Å²) in [5, 5.41) is 5.76. The van der Waals surface area contributed by atoms with E-state index >= 15 is 0 Å². The molecule has 0 spiro atoms. The van der Waals surface area contributed by atoms with E-state index in [4.69, 9.17) is 4.42 Å². The predicted octanol–water partition coefficient (Wildman–Crippen LogP) is 1.84. The smallest absolute Gasteiger partial charge is 0.287 e. The third kappa shape index (κ3) is 3.40. The number of nitrogens with one attached hydrogen (secondary N) is 2. The Bertz CT molecular complexity index is 910. The normalized spacial score (nSPS) is 13.8. The molecular weight excluding hydrogens is 320 g/mol. The minimum atomic E-state index is -0.314. The van der Waals surface area contributed by atoms with Gasteiger partial charge in [-0.2, -0.15) is 0 Å². The molecule has 2 heterocycles. The number of hydrogen-bond acceptors (Lipinski definition) is 4. The lowest BCUT2D eigenvalue weighted by atomic mass is 10.3. The summed E-state index contributed by atoms with van der Waals surface area (Å²) < 4.78 is 6.93. The van der Waals surface area contributed by atoms with E-state index in [0.717, 1.165) is 23.9 Å². The Kier molecular flexibility index (Phi) is 3.97. The summed E-state index contributed by atoms with van der Waals surface area (Å²) in [6, 6.07) is 11.2. The molecule has 1 aliphatic rings. The highest BCUT2D eigenvalue weighted by molar-refractivity contribution is 5.91. The first kappa shape index (κ1) is 15.4. The number of para-hydroxylation sites is 2. The van der Waals surface area contributed by atoms with Gasteiger partial charge in [-0.1, -0.05) is 12.1 Å². The van der Waals surface area contributed by atoms with Crippen LogP contribution in [0.3, 0.4) is 0 Å². The van der Waals surface area contributed by atoms with Crippen molar-refractivity contribution in [3.05, 3.63) is 54.2 Å². The van der Waals surface area contributed by atoms with Crippen LogP contribution in [0.15, 0.2) is 47.1 Å². The molecule has 0 radical (unpaired) electrons. The number of nitrogens with zero attached hydrogens (tertiary/aromatic N) is 2. The van der Waals surface area contributed by atoms with Crippen molar-refractivity contribution in [1.29, 1.82) is 0 Å². The van der Waals surface area contributed by atoms with Gasteiger partial charge in [0.05, 0.1) is 23.8 Å². The molecule has 2 N–H and O–H groups in total. The molecule has 7 nitrogen and oxygen atoms in total. The second-order valence-corrected chi connectivity index (χ2v) is 6.10. The molecule has 0 bridgehead atoms. The number of furan rings is 1. The SMILES string of the molecule is O=C(Cn1c(CNC(=O)c2ccco2)nc2ccccc21)NC1CC1. The lowest BCUT2D eigenvalue weighted by molar-refractivity contribution is -0.121. The quantitative estimate of drug-likeness (QED) is 0.718. The van der Waals surface area contributed by atoms with E-state index in [1.54, 1.807) is 12.1 Å². The maximum absolute atomic E-state index is 12.2. The van der Waals surface area contributed by atoms with Crippen molar-refractivity contribution in [3.8, 4) is 0 Å². The zero-order valence-electron chi connectivity index (χ0n) is 13.6. The van der Waals surface area contributed by atoms with Crippen molar-refractivity contribution in [1.82, 2.24) is 20.2 Å².